The van der Waals surface area contributed by atoms with Crippen LogP contribution in [0.3, 0.4) is 0 Å². The van der Waals surface area contributed by atoms with Gasteiger partial charge in [0.25, 0.3) is 0 Å². The summed E-state index contributed by atoms with van der Waals surface area (Å²) in [5, 5.41) is 14.1. The standard InChI is InChI=1S/C34H43N5O3/c1-23(2)39-22-30(20-37-39)28-15-16-36-33(18-28)38(34(40)26-9-12-31(41-3)13-10-26)21-24-5-7-25(8-6-24)27-11-14-32(42-4)29(17-27)19-35/h11,14-18,20,22-26,31H,5-10,12-13,21H2,1-4H3. The molecule has 0 bridgehead atoms. The van der Waals surface area contributed by atoms with Crippen LogP contribution >= 0.6 is 0 Å². The third-order valence-corrected chi connectivity index (χ3v) is 9.21. The van der Waals surface area contributed by atoms with Gasteiger partial charge in [0.05, 0.1) is 25.0 Å². The van der Waals surface area contributed by atoms with Gasteiger partial charge in [-0.15, -0.1) is 0 Å². The number of carbonyl (C=O) groups excluding carboxylic acids is 1. The Morgan fingerprint density at radius 2 is 1.81 bits per heavy atom. The highest BCUT2D eigenvalue weighted by molar-refractivity contribution is 5.94. The molecule has 0 spiro atoms. The van der Waals surface area contributed by atoms with Crippen LogP contribution in [0.25, 0.3) is 11.1 Å². The van der Waals surface area contributed by atoms with Gasteiger partial charge in [-0.1, -0.05) is 6.07 Å². The molecule has 2 heterocycles. The van der Waals surface area contributed by atoms with E-state index in [1.54, 1.807) is 14.2 Å². The molecule has 0 unspecified atom stereocenters. The van der Waals surface area contributed by atoms with Crippen molar-refractivity contribution in [2.24, 2.45) is 11.8 Å². The Kier molecular flexibility index (Phi) is 9.58. The smallest absolute Gasteiger partial charge is 0.231 e. The summed E-state index contributed by atoms with van der Waals surface area (Å²) in [4.78, 5) is 20.8. The Morgan fingerprint density at radius 1 is 1.05 bits per heavy atom. The number of hydrogen-bond acceptors (Lipinski definition) is 6. The quantitative estimate of drug-likeness (QED) is 0.278. The molecule has 1 amide bonds. The summed E-state index contributed by atoms with van der Waals surface area (Å²) in [7, 11) is 3.36. The molecule has 222 valence electrons. The fourth-order valence-corrected chi connectivity index (χ4v) is 6.58. The average molecular weight is 570 g/mol. The summed E-state index contributed by atoms with van der Waals surface area (Å²) in [5.74, 6) is 2.32. The van der Waals surface area contributed by atoms with Crippen LogP contribution in [0, 0.1) is 23.2 Å². The monoisotopic (exact) mass is 569 g/mol. The topological polar surface area (TPSA) is 93.3 Å². The highest BCUT2D eigenvalue weighted by atomic mass is 16.5. The summed E-state index contributed by atoms with van der Waals surface area (Å²) in [6.07, 6.45) is 13.6. The fraction of sp³-hybridized carbons (Fsp3) is 0.529. The lowest BCUT2D eigenvalue weighted by molar-refractivity contribution is -0.124. The van der Waals surface area contributed by atoms with Crippen LogP contribution in [0.1, 0.15) is 88.3 Å². The van der Waals surface area contributed by atoms with Gasteiger partial charge in [0.2, 0.25) is 5.91 Å². The molecule has 0 atom stereocenters. The molecule has 2 aromatic heterocycles. The lowest BCUT2D eigenvalue weighted by atomic mass is 9.78. The van der Waals surface area contributed by atoms with Crippen molar-refractivity contribution >= 4 is 11.7 Å². The second-order valence-electron chi connectivity index (χ2n) is 12.2. The van der Waals surface area contributed by atoms with E-state index in [1.807, 2.05) is 46.2 Å². The van der Waals surface area contributed by atoms with Crippen molar-refractivity contribution in [1.29, 1.82) is 5.26 Å². The van der Waals surface area contributed by atoms with E-state index in [4.69, 9.17) is 14.5 Å². The van der Waals surface area contributed by atoms with E-state index in [-0.39, 0.29) is 24.0 Å². The number of nitrogens with zero attached hydrogens (tertiary/aromatic N) is 5. The first-order valence-corrected chi connectivity index (χ1v) is 15.3. The molecule has 8 nitrogen and oxygen atoms in total. The van der Waals surface area contributed by atoms with E-state index in [0.717, 1.165) is 68.3 Å². The van der Waals surface area contributed by atoms with Gasteiger partial charge in [-0.25, -0.2) is 4.98 Å². The van der Waals surface area contributed by atoms with Crippen LogP contribution in [-0.4, -0.2) is 47.5 Å². The zero-order valence-electron chi connectivity index (χ0n) is 25.3. The molecular formula is C34H43N5O3. The van der Waals surface area contributed by atoms with Gasteiger partial charge in [-0.2, -0.15) is 10.4 Å². The average Bonchev–Trinajstić information content (AvgIpc) is 3.54. The van der Waals surface area contributed by atoms with E-state index < -0.39 is 0 Å². The van der Waals surface area contributed by atoms with E-state index in [9.17, 15) is 10.1 Å². The highest BCUT2D eigenvalue weighted by Crippen LogP contribution is 2.39. The summed E-state index contributed by atoms with van der Waals surface area (Å²) in [6, 6.07) is 12.6. The van der Waals surface area contributed by atoms with Gasteiger partial charge in [-0.3, -0.25) is 14.4 Å². The first kappa shape index (κ1) is 29.8. The number of pyridine rings is 1. The zero-order chi connectivity index (χ0) is 29.6. The summed E-state index contributed by atoms with van der Waals surface area (Å²) in [6.45, 7) is 4.89. The number of aromatic nitrogens is 3. The number of nitriles is 1. The molecule has 42 heavy (non-hydrogen) atoms. The van der Waals surface area contributed by atoms with Crippen LogP contribution in [0.4, 0.5) is 5.82 Å². The second-order valence-corrected chi connectivity index (χ2v) is 12.2. The largest absolute Gasteiger partial charge is 0.495 e. The van der Waals surface area contributed by atoms with Gasteiger partial charge in [-0.05, 0) is 112 Å². The number of amides is 1. The Hall–Kier alpha value is -3.70. The number of benzene rings is 1. The number of hydrogen-bond donors (Lipinski definition) is 0. The summed E-state index contributed by atoms with van der Waals surface area (Å²) < 4.78 is 12.9. The fourth-order valence-electron chi connectivity index (χ4n) is 6.58. The van der Waals surface area contributed by atoms with E-state index in [1.165, 1.54) is 5.56 Å². The van der Waals surface area contributed by atoms with Crippen molar-refractivity contribution in [1.82, 2.24) is 14.8 Å². The predicted octanol–water partition coefficient (Wildman–Crippen LogP) is 6.92. The molecule has 0 aliphatic heterocycles. The Morgan fingerprint density at radius 3 is 2.45 bits per heavy atom. The summed E-state index contributed by atoms with van der Waals surface area (Å²) in [5.41, 5.74) is 3.83. The normalized spacial score (nSPS) is 22.5. The Labute approximate surface area is 249 Å². The predicted molar refractivity (Wildman–Crippen MR) is 163 cm³/mol. The third-order valence-electron chi connectivity index (χ3n) is 9.21. The molecular weight excluding hydrogens is 526 g/mol. The number of carbonyl (C=O) groups is 1. The van der Waals surface area contributed by atoms with Crippen LogP contribution in [0.15, 0.2) is 48.9 Å². The van der Waals surface area contributed by atoms with Gasteiger partial charge >= 0.3 is 0 Å². The number of rotatable bonds is 9. The van der Waals surface area contributed by atoms with Crippen molar-refractivity contribution in [3.63, 3.8) is 0 Å². The lowest BCUT2D eigenvalue weighted by Gasteiger charge is -2.35. The van der Waals surface area contributed by atoms with Gasteiger partial charge in [0.15, 0.2) is 0 Å². The van der Waals surface area contributed by atoms with Gasteiger partial charge in [0, 0.05) is 43.6 Å². The van der Waals surface area contributed by atoms with E-state index in [2.05, 4.69) is 37.3 Å². The van der Waals surface area contributed by atoms with Crippen molar-refractivity contribution in [2.45, 2.75) is 83.3 Å². The SMILES string of the molecule is COc1ccc(C2CCC(CN(C(=O)C3CCC(OC)CC3)c3cc(-c4cnn(C(C)C)c4)ccn3)CC2)cc1C#N. The molecule has 2 fully saturated rings. The maximum Gasteiger partial charge on any atom is 0.231 e. The van der Waals surface area contributed by atoms with Crippen LogP contribution in [-0.2, 0) is 9.53 Å². The zero-order valence-corrected chi connectivity index (χ0v) is 25.3. The van der Waals surface area contributed by atoms with Gasteiger partial charge < -0.3 is 9.47 Å². The molecule has 3 aromatic rings. The first-order valence-electron chi connectivity index (χ1n) is 15.3. The minimum atomic E-state index is -0.00871. The van der Waals surface area contributed by atoms with E-state index in [0.29, 0.717) is 29.7 Å². The maximum atomic E-state index is 14.1. The second kappa shape index (κ2) is 13.5. The van der Waals surface area contributed by atoms with Crippen LogP contribution in [0.5, 0.6) is 5.75 Å². The minimum absolute atomic E-state index is 0.00871. The summed E-state index contributed by atoms with van der Waals surface area (Å²) >= 11 is 0. The van der Waals surface area contributed by atoms with Crippen LogP contribution in [0.2, 0.25) is 0 Å². The molecule has 5 rings (SSSR count). The minimum Gasteiger partial charge on any atom is -0.495 e. The molecule has 1 aromatic carbocycles. The van der Waals surface area contributed by atoms with Crippen molar-refractivity contribution in [3.05, 3.63) is 60.0 Å². The van der Waals surface area contributed by atoms with Gasteiger partial charge in [0.1, 0.15) is 17.6 Å². The van der Waals surface area contributed by atoms with Crippen LogP contribution < -0.4 is 9.64 Å². The third kappa shape index (κ3) is 6.68. The Balaban J connectivity index is 1.34. The lowest BCUT2D eigenvalue weighted by Crippen LogP contribution is -2.42. The van der Waals surface area contributed by atoms with E-state index >= 15 is 0 Å². The highest BCUT2D eigenvalue weighted by Gasteiger charge is 2.33. The Bertz CT molecular complexity index is 1390. The molecule has 0 N–H and O–H groups in total. The first-order chi connectivity index (χ1) is 20.4. The molecule has 0 radical (unpaired) electrons. The molecule has 2 aliphatic rings. The molecule has 2 saturated carbocycles. The molecule has 8 heteroatoms. The number of ether oxygens (including phenoxy) is 2. The van der Waals surface area contributed by atoms with Crippen molar-refractivity contribution in [2.75, 3.05) is 25.7 Å². The molecule has 0 saturated heterocycles. The van der Waals surface area contributed by atoms with Crippen molar-refractivity contribution < 1.29 is 14.3 Å². The van der Waals surface area contributed by atoms with Crippen molar-refractivity contribution in [3.8, 4) is 22.9 Å². The number of methoxy groups -OCH3 is 2. The molecule has 2 aliphatic carbocycles. The number of anilines is 1. The maximum absolute atomic E-state index is 14.1.